The van der Waals surface area contributed by atoms with Crippen molar-refractivity contribution in [2.45, 2.75) is 19.3 Å². The number of rotatable bonds is 5. The number of nitrogen functional groups attached to an aromatic ring is 1. The van der Waals surface area contributed by atoms with Gasteiger partial charge < -0.3 is 15.4 Å². The molecule has 0 unspecified atom stereocenters. The van der Waals surface area contributed by atoms with Crippen molar-refractivity contribution in [3.8, 4) is 0 Å². The predicted octanol–water partition coefficient (Wildman–Crippen LogP) is 2.67. The van der Waals surface area contributed by atoms with Crippen LogP contribution in [0.2, 0.25) is 0 Å². The largest absolute Gasteiger partial charge is 0.462 e. The summed E-state index contributed by atoms with van der Waals surface area (Å²) >= 11 is 3.33. The highest BCUT2D eigenvalue weighted by atomic mass is 79.9. The summed E-state index contributed by atoms with van der Waals surface area (Å²) in [5.74, 6) is -0.319. The van der Waals surface area contributed by atoms with Crippen molar-refractivity contribution >= 4 is 27.6 Å². The van der Waals surface area contributed by atoms with E-state index in [0.717, 1.165) is 13.0 Å². The van der Waals surface area contributed by atoms with E-state index in [1.54, 1.807) is 18.2 Å². The van der Waals surface area contributed by atoms with Crippen LogP contribution in [0.1, 0.15) is 29.6 Å². The number of esters is 1. The molecule has 0 aromatic heterocycles. The Kier molecular flexibility index (Phi) is 5.22. The molecule has 1 heterocycles. The molecule has 0 bridgehead atoms. The molecular formula is C14H19BrN2O2. The highest BCUT2D eigenvalue weighted by Crippen LogP contribution is 2.20. The minimum Gasteiger partial charge on any atom is -0.462 e. The first kappa shape index (κ1) is 14.3. The Morgan fingerprint density at radius 2 is 2.11 bits per heavy atom. The van der Waals surface area contributed by atoms with Crippen LogP contribution < -0.4 is 5.73 Å². The summed E-state index contributed by atoms with van der Waals surface area (Å²) in [4.78, 5) is 14.3. The zero-order valence-electron chi connectivity index (χ0n) is 10.9. The molecule has 19 heavy (non-hydrogen) atoms. The molecule has 0 spiro atoms. The smallest absolute Gasteiger partial charge is 0.339 e. The van der Waals surface area contributed by atoms with Gasteiger partial charge in [0.05, 0.1) is 12.2 Å². The number of hydrogen-bond donors (Lipinski definition) is 1. The van der Waals surface area contributed by atoms with E-state index < -0.39 is 0 Å². The van der Waals surface area contributed by atoms with Crippen molar-refractivity contribution in [2.24, 2.45) is 0 Å². The summed E-state index contributed by atoms with van der Waals surface area (Å²) in [6, 6.07) is 5.14. The zero-order chi connectivity index (χ0) is 13.7. The number of anilines is 1. The Morgan fingerprint density at radius 1 is 1.37 bits per heavy atom. The van der Waals surface area contributed by atoms with E-state index in [-0.39, 0.29) is 5.97 Å². The number of carbonyl (C=O) groups is 1. The zero-order valence-corrected chi connectivity index (χ0v) is 12.5. The van der Waals surface area contributed by atoms with Crippen LogP contribution in [0.5, 0.6) is 0 Å². The predicted molar refractivity (Wildman–Crippen MR) is 79.1 cm³/mol. The normalized spacial score (nSPS) is 15.6. The molecule has 104 valence electrons. The quantitative estimate of drug-likeness (QED) is 0.513. The van der Waals surface area contributed by atoms with Crippen molar-refractivity contribution in [3.05, 3.63) is 28.2 Å². The van der Waals surface area contributed by atoms with Crippen molar-refractivity contribution in [2.75, 3.05) is 32.0 Å². The maximum absolute atomic E-state index is 11.9. The van der Waals surface area contributed by atoms with Gasteiger partial charge in [-0.15, -0.1) is 0 Å². The minimum absolute atomic E-state index is 0.319. The Morgan fingerprint density at radius 3 is 2.84 bits per heavy atom. The fourth-order valence-electron chi connectivity index (χ4n) is 2.24. The van der Waals surface area contributed by atoms with Crippen molar-refractivity contribution < 1.29 is 9.53 Å². The van der Waals surface area contributed by atoms with E-state index in [2.05, 4.69) is 20.8 Å². The lowest BCUT2D eigenvalue weighted by Gasteiger charge is -2.14. The van der Waals surface area contributed by atoms with Gasteiger partial charge in [-0.25, -0.2) is 4.79 Å². The number of hydrogen-bond acceptors (Lipinski definition) is 4. The lowest BCUT2D eigenvalue weighted by Crippen LogP contribution is -2.22. The lowest BCUT2D eigenvalue weighted by molar-refractivity contribution is 0.0490. The molecule has 1 aliphatic rings. The number of carbonyl (C=O) groups excluding carboxylic acids is 1. The molecule has 0 amide bonds. The highest BCUT2D eigenvalue weighted by molar-refractivity contribution is 9.10. The molecule has 5 heteroatoms. The van der Waals surface area contributed by atoms with Gasteiger partial charge in [0, 0.05) is 16.7 Å². The van der Waals surface area contributed by atoms with Gasteiger partial charge in [0.1, 0.15) is 0 Å². The summed E-state index contributed by atoms with van der Waals surface area (Å²) < 4.78 is 5.99. The molecule has 2 N–H and O–H groups in total. The molecule has 0 aliphatic carbocycles. The van der Waals surface area contributed by atoms with E-state index in [4.69, 9.17) is 10.5 Å². The molecule has 0 saturated carbocycles. The average molecular weight is 327 g/mol. The third kappa shape index (κ3) is 4.21. The third-order valence-corrected chi connectivity index (χ3v) is 3.95. The molecule has 1 aromatic rings. The molecule has 0 atom stereocenters. The van der Waals surface area contributed by atoms with Gasteiger partial charge in [-0.2, -0.15) is 0 Å². The van der Waals surface area contributed by atoms with Crippen molar-refractivity contribution in [1.29, 1.82) is 0 Å². The Balaban J connectivity index is 1.75. The van der Waals surface area contributed by atoms with Crippen LogP contribution in [-0.2, 0) is 4.74 Å². The van der Waals surface area contributed by atoms with Crippen molar-refractivity contribution in [3.63, 3.8) is 0 Å². The summed E-state index contributed by atoms with van der Waals surface area (Å²) in [5.41, 5.74) is 6.72. The van der Waals surface area contributed by atoms with Gasteiger partial charge >= 0.3 is 5.97 Å². The highest BCUT2D eigenvalue weighted by Gasteiger charge is 2.13. The molecule has 1 aliphatic heterocycles. The molecule has 1 aromatic carbocycles. The van der Waals surface area contributed by atoms with Gasteiger partial charge in [0.15, 0.2) is 0 Å². The van der Waals surface area contributed by atoms with E-state index >= 15 is 0 Å². The molecule has 2 rings (SSSR count). The van der Waals surface area contributed by atoms with Gasteiger partial charge in [-0.05, 0) is 66.5 Å². The summed E-state index contributed by atoms with van der Waals surface area (Å²) in [6.45, 7) is 3.81. The minimum atomic E-state index is -0.319. The maximum Gasteiger partial charge on any atom is 0.339 e. The average Bonchev–Trinajstić information content (AvgIpc) is 2.90. The van der Waals surface area contributed by atoms with Crippen LogP contribution in [-0.4, -0.2) is 37.1 Å². The van der Waals surface area contributed by atoms with E-state index in [1.807, 2.05) is 0 Å². The summed E-state index contributed by atoms with van der Waals surface area (Å²) in [7, 11) is 0. The first-order valence-corrected chi connectivity index (χ1v) is 7.40. The maximum atomic E-state index is 11.9. The fourth-order valence-corrected chi connectivity index (χ4v) is 2.64. The number of halogens is 1. The Bertz CT molecular complexity index is 445. The first-order valence-electron chi connectivity index (χ1n) is 6.61. The van der Waals surface area contributed by atoms with Gasteiger partial charge in [0.25, 0.3) is 0 Å². The fraction of sp³-hybridized carbons (Fsp3) is 0.500. The molecular weight excluding hydrogens is 308 g/mol. The topological polar surface area (TPSA) is 55.6 Å². The van der Waals surface area contributed by atoms with Gasteiger partial charge in [0.2, 0.25) is 0 Å². The van der Waals surface area contributed by atoms with E-state index in [0.29, 0.717) is 22.3 Å². The monoisotopic (exact) mass is 326 g/mol. The third-order valence-electron chi connectivity index (χ3n) is 3.26. The number of benzene rings is 1. The molecule has 1 saturated heterocycles. The molecule has 1 fully saturated rings. The standard InChI is InChI=1S/C14H19BrN2O2/c15-13-5-4-11(16)10-12(13)14(18)19-9-3-8-17-6-1-2-7-17/h4-5,10H,1-3,6-9,16H2. The second-order valence-electron chi connectivity index (χ2n) is 4.78. The first-order chi connectivity index (χ1) is 9.16. The Labute approximate surface area is 122 Å². The van der Waals surface area contributed by atoms with Crippen LogP contribution in [0.15, 0.2) is 22.7 Å². The summed E-state index contributed by atoms with van der Waals surface area (Å²) in [6.07, 6.45) is 3.46. The summed E-state index contributed by atoms with van der Waals surface area (Å²) in [5, 5.41) is 0. The molecule has 0 radical (unpaired) electrons. The van der Waals surface area contributed by atoms with Crippen LogP contribution in [0, 0.1) is 0 Å². The van der Waals surface area contributed by atoms with Crippen LogP contribution in [0.4, 0.5) is 5.69 Å². The van der Waals surface area contributed by atoms with Crippen molar-refractivity contribution in [1.82, 2.24) is 4.90 Å². The number of likely N-dealkylation sites (tertiary alicyclic amines) is 1. The van der Waals surface area contributed by atoms with E-state index in [1.165, 1.54) is 25.9 Å². The van der Waals surface area contributed by atoms with Crippen LogP contribution in [0.25, 0.3) is 0 Å². The van der Waals surface area contributed by atoms with E-state index in [9.17, 15) is 4.79 Å². The number of ether oxygens (including phenoxy) is 1. The lowest BCUT2D eigenvalue weighted by atomic mass is 10.2. The van der Waals surface area contributed by atoms with Crippen LogP contribution >= 0.6 is 15.9 Å². The van der Waals surface area contributed by atoms with Gasteiger partial charge in [-0.3, -0.25) is 0 Å². The SMILES string of the molecule is Nc1ccc(Br)c(C(=O)OCCCN2CCCC2)c1. The number of nitrogens with zero attached hydrogens (tertiary/aromatic N) is 1. The number of nitrogens with two attached hydrogens (primary N) is 1. The van der Waals surface area contributed by atoms with Crippen LogP contribution in [0.3, 0.4) is 0 Å². The Hall–Kier alpha value is -1.07. The van der Waals surface area contributed by atoms with Gasteiger partial charge in [-0.1, -0.05) is 0 Å². The second kappa shape index (κ2) is 6.91. The second-order valence-corrected chi connectivity index (χ2v) is 5.63. The molecule has 4 nitrogen and oxygen atoms in total.